The van der Waals surface area contributed by atoms with E-state index in [4.69, 9.17) is 11.0 Å². The van der Waals surface area contributed by atoms with Crippen molar-refractivity contribution in [3.63, 3.8) is 0 Å². The molecule has 0 aliphatic carbocycles. The van der Waals surface area contributed by atoms with Gasteiger partial charge < -0.3 is 15.2 Å². The number of hydrogen-bond donors (Lipinski definition) is 1. The molecule has 0 amide bonds. The molecule has 2 aliphatic heterocycles. The second-order valence-corrected chi connectivity index (χ2v) is 8.36. The van der Waals surface area contributed by atoms with E-state index in [1.54, 1.807) is 0 Å². The van der Waals surface area contributed by atoms with Crippen LogP contribution in [0.5, 0.6) is 0 Å². The summed E-state index contributed by atoms with van der Waals surface area (Å²) in [6, 6.07) is 19.1. The highest BCUT2D eigenvalue weighted by Crippen LogP contribution is 2.35. The van der Waals surface area contributed by atoms with Crippen LogP contribution in [0.4, 0.5) is 5.69 Å². The molecular formula is C25H22N6. The Labute approximate surface area is 180 Å². The van der Waals surface area contributed by atoms with Crippen molar-refractivity contribution in [2.24, 2.45) is 5.73 Å². The molecule has 6 rings (SSSR count). The maximum atomic E-state index is 9.08. The standard InChI is InChI=1S/C25H22N6/c26-13-17-1-3-18(4-2-17)19-12-24-25-28-8-10-31(25)23-6-5-22(29-9-7-21(27)16-29)11-20(23)15-30(24)14-19/h1-6,8,10-12,14,21H,7,9,15-16,27H2/t21-/m0/s1. The smallest absolute Gasteiger partial charge is 0.161 e. The van der Waals surface area contributed by atoms with E-state index in [0.29, 0.717) is 5.56 Å². The van der Waals surface area contributed by atoms with Gasteiger partial charge in [0.05, 0.1) is 23.0 Å². The molecule has 2 aliphatic rings. The summed E-state index contributed by atoms with van der Waals surface area (Å²) >= 11 is 0. The largest absolute Gasteiger partial charge is 0.370 e. The Morgan fingerprint density at radius 1 is 1.06 bits per heavy atom. The van der Waals surface area contributed by atoms with Crippen molar-refractivity contribution in [1.82, 2.24) is 14.1 Å². The van der Waals surface area contributed by atoms with E-state index in [0.717, 1.165) is 48.7 Å². The Morgan fingerprint density at radius 2 is 1.94 bits per heavy atom. The first-order valence-electron chi connectivity index (χ1n) is 10.6. The van der Waals surface area contributed by atoms with Crippen LogP contribution in [0.15, 0.2) is 67.1 Å². The molecule has 1 fully saturated rings. The number of imidazole rings is 1. The Bertz CT molecular complexity index is 1320. The van der Waals surface area contributed by atoms with Crippen molar-refractivity contribution >= 4 is 5.69 Å². The summed E-state index contributed by atoms with van der Waals surface area (Å²) in [5.74, 6) is 0.939. The SMILES string of the molecule is N#Cc1ccc(-c2cc3n(c2)Cc2cc(N4CC[C@H](N)C4)ccc2-n2ccnc2-3)cc1. The maximum absolute atomic E-state index is 9.08. The maximum Gasteiger partial charge on any atom is 0.161 e. The summed E-state index contributed by atoms with van der Waals surface area (Å²) in [6.07, 6.45) is 7.11. The van der Waals surface area contributed by atoms with Gasteiger partial charge in [-0.25, -0.2) is 4.98 Å². The lowest BCUT2D eigenvalue weighted by atomic mass is 10.1. The predicted molar refractivity (Wildman–Crippen MR) is 121 cm³/mol. The summed E-state index contributed by atoms with van der Waals surface area (Å²) in [5.41, 5.74) is 13.8. The van der Waals surface area contributed by atoms with Crippen molar-refractivity contribution in [3.8, 4) is 34.4 Å². The van der Waals surface area contributed by atoms with Crippen molar-refractivity contribution in [3.05, 3.63) is 78.2 Å². The molecule has 0 spiro atoms. The second-order valence-electron chi connectivity index (χ2n) is 8.36. The van der Waals surface area contributed by atoms with Crippen LogP contribution in [0.25, 0.3) is 28.3 Å². The van der Waals surface area contributed by atoms with Gasteiger partial charge in [-0.2, -0.15) is 5.26 Å². The fourth-order valence-corrected chi connectivity index (χ4v) is 4.75. The lowest BCUT2D eigenvalue weighted by Gasteiger charge is -2.20. The summed E-state index contributed by atoms with van der Waals surface area (Å²) in [6.45, 7) is 2.69. The number of anilines is 1. The molecule has 4 heterocycles. The van der Waals surface area contributed by atoms with Gasteiger partial charge >= 0.3 is 0 Å². The second kappa shape index (κ2) is 6.86. The number of rotatable bonds is 2. The molecule has 1 atom stereocenters. The molecule has 2 aromatic heterocycles. The fourth-order valence-electron chi connectivity index (χ4n) is 4.75. The van der Waals surface area contributed by atoms with Gasteiger partial charge in [0, 0.05) is 55.5 Å². The number of nitriles is 1. The van der Waals surface area contributed by atoms with Crippen LogP contribution in [0.2, 0.25) is 0 Å². The van der Waals surface area contributed by atoms with E-state index < -0.39 is 0 Å². The summed E-state index contributed by atoms with van der Waals surface area (Å²) in [5, 5.41) is 9.08. The molecule has 0 unspecified atom stereocenters. The Balaban J connectivity index is 1.44. The summed E-state index contributed by atoms with van der Waals surface area (Å²) < 4.78 is 4.45. The predicted octanol–water partition coefficient (Wildman–Crippen LogP) is 3.78. The molecule has 31 heavy (non-hydrogen) atoms. The topological polar surface area (TPSA) is 75.8 Å². The first kappa shape index (κ1) is 18.0. The van der Waals surface area contributed by atoms with Crippen molar-refractivity contribution in [2.45, 2.75) is 19.0 Å². The number of nitrogens with two attached hydrogens (primary N) is 1. The van der Waals surface area contributed by atoms with Gasteiger partial charge in [0.2, 0.25) is 0 Å². The molecule has 4 aromatic rings. The van der Waals surface area contributed by atoms with Gasteiger partial charge in [0.1, 0.15) is 0 Å². The summed E-state index contributed by atoms with van der Waals surface area (Å²) in [7, 11) is 0. The zero-order chi connectivity index (χ0) is 20.9. The minimum absolute atomic E-state index is 0.255. The number of aromatic nitrogens is 3. The van der Waals surface area contributed by atoms with Crippen molar-refractivity contribution < 1.29 is 0 Å². The molecule has 152 valence electrons. The fraction of sp³-hybridized carbons (Fsp3) is 0.200. The third-order valence-corrected chi connectivity index (χ3v) is 6.37. The van der Waals surface area contributed by atoms with Crippen LogP contribution in [0, 0.1) is 11.3 Å². The number of nitrogens with zero attached hydrogens (tertiary/aromatic N) is 5. The number of fused-ring (bicyclic) bond motifs is 5. The van der Waals surface area contributed by atoms with Crippen LogP contribution in [0.1, 0.15) is 17.5 Å². The first-order chi connectivity index (χ1) is 15.2. The van der Waals surface area contributed by atoms with E-state index in [9.17, 15) is 0 Å². The van der Waals surface area contributed by atoms with Gasteiger partial charge in [-0.3, -0.25) is 4.57 Å². The van der Waals surface area contributed by atoms with Crippen LogP contribution in [-0.2, 0) is 6.54 Å². The normalized spacial score (nSPS) is 16.9. The molecular weight excluding hydrogens is 384 g/mol. The third kappa shape index (κ3) is 2.94. The highest BCUT2D eigenvalue weighted by Gasteiger charge is 2.24. The quantitative estimate of drug-likeness (QED) is 0.484. The lowest BCUT2D eigenvalue weighted by Crippen LogP contribution is -2.26. The highest BCUT2D eigenvalue weighted by atomic mass is 15.2. The van der Waals surface area contributed by atoms with Crippen LogP contribution < -0.4 is 10.6 Å². The first-order valence-corrected chi connectivity index (χ1v) is 10.6. The zero-order valence-electron chi connectivity index (χ0n) is 17.1. The number of benzene rings is 2. The van der Waals surface area contributed by atoms with Gasteiger partial charge in [-0.1, -0.05) is 12.1 Å². The molecule has 6 heteroatoms. The zero-order valence-corrected chi connectivity index (χ0v) is 17.1. The molecule has 2 aromatic carbocycles. The average Bonchev–Trinajstić information content (AvgIpc) is 3.52. The van der Waals surface area contributed by atoms with Crippen LogP contribution >= 0.6 is 0 Å². The Kier molecular flexibility index (Phi) is 3.98. The van der Waals surface area contributed by atoms with Gasteiger partial charge in [0.15, 0.2) is 5.82 Å². The number of hydrogen-bond acceptors (Lipinski definition) is 4. The van der Waals surface area contributed by atoms with Gasteiger partial charge in [-0.05, 0) is 53.9 Å². The van der Waals surface area contributed by atoms with E-state index in [-0.39, 0.29) is 6.04 Å². The third-order valence-electron chi connectivity index (χ3n) is 6.37. The van der Waals surface area contributed by atoms with E-state index in [1.165, 1.54) is 16.9 Å². The van der Waals surface area contributed by atoms with Gasteiger partial charge in [0.25, 0.3) is 0 Å². The molecule has 0 radical (unpaired) electrons. The molecule has 6 nitrogen and oxygen atoms in total. The molecule has 0 saturated carbocycles. The van der Waals surface area contributed by atoms with Crippen LogP contribution in [0.3, 0.4) is 0 Å². The minimum Gasteiger partial charge on any atom is -0.370 e. The molecule has 0 bridgehead atoms. The summed E-state index contributed by atoms with van der Waals surface area (Å²) in [4.78, 5) is 7.05. The van der Waals surface area contributed by atoms with Crippen LogP contribution in [-0.4, -0.2) is 33.2 Å². The minimum atomic E-state index is 0.255. The van der Waals surface area contributed by atoms with E-state index >= 15 is 0 Å². The van der Waals surface area contributed by atoms with E-state index in [1.807, 2.05) is 36.7 Å². The lowest BCUT2D eigenvalue weighted by molar-refractivity contribution is 0.752. The van der Waals surface area contributed by atoms with Crippen molar-refractivity contribution in [2.75, 3.05) is 18.0 Å². The van der Waals surface area contributed by atoms with Gasteiger partial charge in [-0.15, -0.1) is 0 Å². The van der Waals surface area contributed by atoms with Crippen molar-refractivity contribution in [1.29, 1.82) is 5.26 Å². The average molecular weight is 406 g/mol. The Hall–Kier alpha value is -3.82. The highest BCUT2D eigenvalue weighted by molar-refractivity contribution is 5.72. The Morgan fingerprint density at radius 3 is 2.71 bits per heavy atom. The molecule has 2 N–H and O–H groups in total. The van der Waals surface area contributed by atoms with E-state index in [2.05, 4.69) is 55.5 Å². The molecule has 1 saturated heterocycles. The monoisotopic (exact) mass is 406 g/mol.